The van der Waals surface area contributed by atoms with E-state index in [2.05, 4.69) is 0 Å². The van der Waals surface area contributed by atoms with E-state index in [1.165, 1.54) is 6.08 Å². The number of ether oxygens (including phenoxy) is 2. The summed E-state index contributed by atoms with van der Waals surface area (Å²) in [6.45, 7) is 2.42. The zero-order valence-corrected chi connectivity index (χ0v) is 13.5. The molecule has 0 unspecified atom stereocenters. The number of fused-ring (bicyclic) bond motifs is 1. The molecule has 0 N–H and O–H groups in total. The summed E-state index contributed by atoms with van der Waals surface area (Å²) >= 11 is 0. The molecule has 0 aliphatic heterocycles. The predicted molar refractivity (Wildman–Crippen MR) is 90.0 cm³/mol. The molecule has 2 aromatic carbocycles. The maximum absolute atomic E-state index is 12.5. The smallest absolute Gasteiger partial charge is 0.334 e. The fraction of sp³-hybridized carbons (Fsp3) is 0.200. The molecule has 0 radical (unpaired) electrons. The van der Waals surface area contributed by atoms with Crippen LogP contribution in [0.25, 0.3) is 0 Å². The minimum Gasteiger partial charge on any atom is -0.488 e. The molecule has 1 aliphatic carbocycles. The third-order valence-electron chi connectivity index (χ3n) is 3.82. The van der Waals surface area contributed by atoms with Gasteiger partial charge in [-0.3, -0.25) is 4.79 Å². The van der Waals surface area contributed by atoms with Gasteiger partial charge in [0.1, 0.15) is 12.4 Å². The summed E-state index contributed by atoms with van der Waals surface area (Å²) in [7, 11) is 0. The van der Waals surface area contributed by atoms with Crippen LogP contribution in [0.1, 0.15) is 28.4 Å². The largest absolute Gasteiger partial charge is 0.488 e. The molecule has 0 fully saturated rings. The van der Waals surface area contributed by atoms with Crippen LogP contribution in [0.5, 0.6) is 5.75 Å². The lowest BCUT2D eigenvalue weighted by Crippen LogP contribution is -2.18. The summed E-state index contributed by atoms with van der Waals surface area (Å²) in [5.74, 6) is -0.115. The highest BCUT2D eigenvalue weighted by Crippen LogP contribution is 2.30. The van der Waals surface area contributed by atoms with E-state index in [1.54, 1.807) is 13.0 Å². The maximum atomic E-state index is 12.5. The van der Waals surface area contributed by atoms with Crippen LogP contribution in [-0.4, -0.2) is 18.4 Å². The molecule has 0 bridgehead atoms. The molecule has 0 saturated carbocycles. The summed E-state index contributed by atoms with van der Waals surface area (Å²) < 4.78 is 10.8. The normalized spacial score (nSPS) is 13.0. The second-order valence-corrected chi connectivity index (χ2v) is 5.50. The van der Waals surface area contributed by atoms with E-state index >= 15 is 0 Å². The van der Waals surface area contributed by atoms with Gasteiger partial charge in [0.05, 0.1) is 12.2 Å². The second kappa shape index (κ2) is 7.13. The highest BCUT2D eigenvalue weighted by atomic mass is 16.5. The van der Waals surface area contributed by atoms with Crippen LogP contribution in [0.3, 0.4) is 0 Å². The molecule has 1 aliphatic rings. The van der Waals surface area contributed by atoms with E-state index in [0.717, 1.165) is 11.1 Å². The van der Waals surface area contributed by atoms with E-state index in [-0.39, 0.29) is 12.4 Å². The maximum Gasteiger partial charge on any atom is 0.334 e. The number of hydrogen-bond acceptors (Lipinski definition) is 4. The lowest BCUT2D eigenvalue weighted by atomic mass is 9.90. The van der Waals surface area contributed by atoms with Crippen molar-refractivity contribution in [1.82, 2.24) is 0 Å². The Balaban J connectivity index is 1.82. The van der Waals surface area contributed by atoms with Gasteiger partial charge in [0.2, 0.25) is 0 Å². The Labute approximate surface area is 140 Å². The lowest BCUT2D eigenvalue weighted by Gasteiger charge is -2.18. The Morgan fingerprint density at radius 2 is 1.88 bits per heavy atom. The van der Waals surface area contributed by atoms with Gasteiger partial charge in [0.25, 0.3) is 0 Å². The molecule has 0 heterocycles. The van der Waals surface area contributed by atoms with E-state index < -0.39 is 5.97 Å². The van der Waals surface area contributed by atoms with Gasteiger partial charge in [0, 0.05) is 12.0 Å². The van der Waals surface area contributed by atoms with Gasteiger partial charge in [-0.2, -0.15) is 0 Å². The van der Waals surface area contributed by atoms with Crippen molar-refractivity contribution < 1.29 is 19.1 Å². The number of allylic oxidation sites excluding steroid dienone is 1. The van der Waals surface area contributed by atoms with E-state index in [1.807, 2.05) is 42.5 Å². The quantitative estimate of drug-likeness (QED) is 0.791. The van der Waals surface area contributed by atoms with Crippen molar-refractivity contribution in [3.63, 3.8) is 0 Å². The zero-order chi connectivity index (χ0) is 16.9. The molecule has 0 spiro atoms. The third-order valence-corrected chi connectivity index (χ3v) is 3.82. The van der Waals surface area contributed by atoms with Crippen LogP contribution >= 0.6 is 0 Å². The van der Waals surface area contributed by atoms with E-state index in [0.29, 0.717) is 29.9 Å². The minimum absolute atomic E-state index is 0.219. The van der Waals surface area contributed by atoms with Crippen molar-refractivity contribution in [1.29, 1.82) is 0 Å². The first-order valence-corrected chi connectivity index (χ1v) is 7.89. The number of ketones is 1. The Bertz CT molecular complexity index is 791. The Morgan fingerprint density at radius 1 is 1.08 bits per heavy atom. The van der Waals surface area contributed by atoms with Crippen molar-refractivity contribution >= 4 is 11.8 Å². The number of carbonyl (C=O) groups is 2. The van der Waals surface area contributed by atoms with Crippen LogP contribution in [0.4, 0.5) is 0 Å². The lowest BCUT2D eigenvalue weighted by molar-refractivity contribution is -0.138. The summed E-state index contributed by atoms with van der Waals surface area (Å²) in [6.07, 6.45) is 1.73. The Hall–Kier alpha value is -2.88. The van der Waals surface area contributed by atoms with Crippen molar-refractivity contribution in [2.75, 3.05) is 6.61 Å². The number of hydrogen-bond donors (Lipinski definition) is 0. The SMILES string of the molecule is CCOC(=O)C1=CC(=O)c2c(cccc2OCc2ccccc2)C1. The number of carbonyl (C=O) groups excluding carboxylic acids is 2. The second-order valence-electron chi connectivity index (χ2n) is 5.50. The molecular formula is C20H18O4. The fourth-order valence-electron chi connectivity index (χ4n) is 2.70. The number of esters is 1. The Kier molecular flexibility index (Phi) is 4.75. The molecule has 24 heavy (non-hydrogen) atoms. The van der Waals surface area contributed by atoms with E-state index in [4.69, 9.17) is 9.47 Å². The average molecular weight is 322 g/mol. The topological polar surface area (TPSA) is 52.6 Å². The average Bonchev–Trinajstić information content (AvgIpc) is 2.60. The minimum atomic E-state index is -0.438. The van der Waals surface area contributed by atoms with Gasteiger partial charge >= 0.3 is 5.97 Å². The van der Waals surface area contributed by atoms with Gasteiger partial charge in [-0.15, -0.1) is 0 Å². The summed E-state index contributed by atoms with van der Waals surface area (Å²) in [5, 5.41) is 0. The number of rotatable bonds is 5. The molecule has 4 nitrogen and oxygen atoms in total. The van der Waals surface area contributed by atoms with Crippen LogP contribution in [0, 0.1) is 0 Å². The summed E-state index contributed by atoms with van der Waals surface area (Å²) in [5.41, 5.74) is 2.73. The van der Waals surface area contributed by atoms with Gasteiger partial charge in [-0.05, 0) is 30.2 Å². The predicted octanol–water partition coefficient (Wildman–Crippen LogP) is 3.49. The van der Waals surface area contributed by atoms with Crippen molar-refractivity contribution in [3.05, 3.63) is 76.9 Å². The van der Waals surface area contributed by atoms with Gasteiger partial charge in [0.15, 0.2) is 5.78 Å². The first kappa shape index (κ1) is 16.0. The zero-order valence-electron chi connectivity index (χ0n) is 13.5. The van der Waals surface area contributed by atoms with Crippen LogP contribution in [0.15, 0.2) is 60.2 Å². The molecular weight excluding hydrogens is 304 g/mol. The molecule has 0 aromatic heterocycles. The van der Waals surface area contributed by atoms with Gasteiger partial charge in [-0.25, -0.2) is 4.79 Å². The van der Waals surface area contributed by atoms with Gasteiger partial charge < -0.3 is 9.47 Å². The molecule has 122 valence electrons. The fourth-order valence-corrected chi connectivity index (χ4v) is 2.70. The van der Waals surface area contributed by atoms with Crippen LogP contribution in [0.2, 0.25) is 0 Å². The third kappa shape index (κ3) is 3.38. The molecule has 0 amide bonds. The van der Waals surface area contributed by atoms with Crippen molar-refractivity contribution in [3.8, 4) is 5.75 Å². The molecule has 4 heteroatoms. The van der Waals surface area contributed by atoms with Crippen molar-refractivity contribution in [2.45, 2.75) is 20.0 Å². The monoisotopic (exact) mass is 322 g/mol. The molecule has 3 rings (SSSR count). The first-order valence-electron chi connectivity index (χ1n) is 7.89. The highest BCUT2D eigenvalue weighted by Gasteiger charge is 2.25. The molecule has 0 atom stereocenters. The number of benzene rings is 2. The van der Waals surface area contributed by atoms with Gasteiger partial charge in [-0.1, -0.05) is 42.5 Å². The van der Waals surface area contributed by atoms with Crippen LogP contribution in [-0.2, 0) is 22.6 Å². The molecule has 0 saturated heterocycles. The van der Waals surface area contributed by atoms with E-state index in [9.17, 15) is 9.59 Å². The Morgan fingerprint density at radius 3 is 2.62 bits per heavy atom. The molecule has 2 aromatic rings. The summed E-state index contributed by atoms with van der Waals surface area (Å²) in [4.78, 5) is 24.3. The standard InChI is InChI=1S/C20H18O4/c1-2-23-20(22)16-11-15-9-6-10-18(19(15)17(21)12-16)24-13-14-7-4-3-5-8-14/h3-10,12H,2,11,13H2,1H3. The highest BCUT2D eigenvalue weighted by molar-refractivity contribution is 6.13. The first-order chi connectivity index (χ1) is 11.7. The summed E-state index contributed by atoms with van der Waals surface area (Å²) in [6, 6.07) is 15.2. The van der Waals surface area contributed by atoms with Crippen molar-refractivity contribution in [2.24, 2.45) is 0 Å². The van der Waals surface area contributed by atoms with Crippen LogP contribution < -0.4 is 4.74 Å².